The zero-order chi connectivity index (χ0) is 21.3. The van der Waals surface area contributed by atoms with E-state index in [1.807, 2.05) is 13.8 Å². The molecule has 2 unspecified atom stereocenters. The minimum Gasteiger partial charge on any atom is -0.378 e. The van der Waals surface area contributed by atoms with Gasteiger partial charge >= 0.3 is 8.56 Å². The van der Waals surface area contributed by atoms with Gasteiger partial charge in [0.2, 0.25) is 0 Å². The molecule has 1 fully saturated rings. The van der Waals surface area contributed by atoms with Crippen LogP contribution in [0.5, 0.6) is 0 Å². The molecule has 1 heterocycles. The van der Waals surface area contributed by atoms with E-state index in [9.17, 15) is 0 Å². The number of rotatable bonds is 4. The van der Waals surface area contributed by atoms with Gasteiger partial charge in [-0.1, -0.05) is 59.7 Å². The molecule has 154 valence electrons. The van der Waals surface area contributed by atoms with Crippen LogP contribution in [0.3, 0.4) is 0 Å². The van der Waals surface area contributed by atoms with E-state index >= 15 is 0 Å². The fourth-order valence-corrected chi connectivity index (χ4v) is 9.32. The summed E-state index contributed by atoms with van der Waals surface area (Å²) >= 11 is 0. The number of aryl methyl sites for hydroxylation is 6. The average Bonchev–Trinajstić information content (AvgIpc) is 2.92. The zero-order valence-electron chi connectivity index (χ0n) is 19.1. The molecule has 29 heavy (non-hydrogen) atoms. The molecular formula is C26H34O2Si. The average molecular weight is 407 g/mol. The van der Waals surface area contributed by atoms with Crippen molar-refractivity contribution in [2.75, 3.05) is 0 Å². The van der Waals surface area contributed by atoms with Crippen molar-refractivity contribution in [1.29, 1.82) is 0 Å². The second-order valence-electron chi connectivity index (χ2n) is 8.38. The largest absolute Gasteiger partial charge is 0.409 e. The lowest BCUT2D eigenvalue weighted by atomic mass is 10.1. The Morgan fingerprint density at radius 3 is 1.21 bits per heavy atom. The number of benzene rings is 2. The van der Waals surface area contributed by atoms with Gasteiger partial charge in [-0.15, -0.1) is 0 Å². The summed E-state index contributed by atoms with van der Waals surface area (Å²) in [5.74, 6) is 0. The molecule has 1 saturated heterocycles. The Hall–Kier alpha value is -1.94. The highest BCUT2D eigenvalue weighted by molar-refractivity contribution is 6.94. The minimum absolute atomic E-state index is 0.0805. The highest BCUT2D eigenvalue weighted by Crippen LogP contribution is 2.31. The van der Waals surface area contributed by atoms with Gasteiger partial charge in [-0.3, -0.25) is 0 Å². The van der Waals surface area contributed by atoms with Crippen LogP contribution in [0.4, 0.5) is 0 Å². The van der Waals surface area contributed by atoms with E-state index in [1.54, 1.807) is 0 Å². The molecule has 2 aromatic rings. The molecule has 0 radical (unpaired) electrons. The zero-order valence-corrected chi connectivity index (χ0v) is 20.1. The topological polar surface area (TPSA) is 18.5 Å². The van der Waals surface area contributed by atoms with Gasteiger partial charge < -0.3 is 8.85 Å². The summed E-state index contributed by atoms with van der Waals surface area (Å²) in [7, 11) is -2.91. The summed E-state index contributed by atoms with van der Waals surface area (Å²) in [5.41, 5.74) is 7.59. The molecule has 3 rings (SSSR count). The number of hydrogen-bond donors (Lipinski definition) is 0. The molecular weight excluding hydrogens is 372 g/mol. The van der Waals surface area contributed by atoms with Gasteiger partial charge in [-0.25, -0.2) is 0 Å². The molecule has 3 heteroatoms. The van der Waals surface area contributed by atoms with Gasteiger partial charge in [0.05, 0.1) is 12.2 Å². The summed E-state index contributed by atoms with van der Waals surface area (Å²) in [6.07, 6.45) is 8.25. The van der Waals surface area contributed by atoms with Crippen molar-refractivity contribution < 1.29 is 8.85 Å². The predicted molar refractivity (Wildman–Crippen MR) is 126 cm³/mol. The molecule has 0 spiro atoms. The molecule has 2 aromatic carbocycles. The highest BCUT2D eigenvalue weighted by Gasteiger charge is 2.55. The maximum Gasteiger partial charge on any atom is 0.409 e. The Balaban J connectivity index is 2.36. The monoisotopic (exact) mass is 406 g/mol. The smallest absolute Gasteiger partial charge is 0.378 e. The Kier molecular flexibility index (Phi) is 6.32. The standard InChI is InChI=1S/C26H34O2Si/c1-9-11-23-24(12-10-2)28-29(27-23,25-19(5)13-17(3)14-20(25)6)26-21(7)15-18(4)16-22(26)8/h9-16,23-24H,1-8H3/b11-9-,12-10+. The third-order valence-corrected chi connectivity index (χ3v) is 9.81. The van der Waals surface area contributed by atoms with Crippen molar-refractivity contribution in [1.82, 2.24) is 0 Å². The molecule has 2 nitrogen and oxygen atoms in total. The van der Waals surface area contributed by atoms with Crippen molar-refractivity contribution in [3.8, 4) is 0 Å². The van der Waals surface area contributed by atoms with Crippen LogP contribution in [-0.2, 0) is 8.85 Å². The molecule has 0 N–H and O–H groups in total. The van der Waals surface area contributed by atoms with Crippen LogP contribution in [0, 0.1) is 41.5 Å². The van der Waals surface area contributed by atoms with E-state index in [4.69, 9.17) is 8.85 Å². The van der Waals surface area contributed by atoms with E-state index in [2.05, 4.69) is 90.1 Å². The van der Waals surface area contributed by atoms with Gasteiger partial charge in [0, 0.05) is 10.4 Å². The van der Waals surface area contributed by atoms with Crippen LogP contribution >= 0.6 is 0 Å². The van der Waals surface area contributed by atoms with Gasteiger partial charge in [-0.05, 0) is 77.6 Å². The maximum absolute atomic E-state index is 7.01. The first-order valence-corrected chi connectivity index (χ1v) is 12.3. The van der Waals surface area contributed by atoms with Crippen LogP contribution in [0.1, 0.15) is 47.2 Å². The molecule has 2 atom stereocenters. The Morgan fingerprint density at radius 1 is 0.621 bits per heavy atom. The summed E-state index contributed by atoms with van der Waals surface area (Å²) in [5, 5.41) is 2.53. The predicted octanol–water partition coefficient (Wildman–Crippen LogP) is 5.03. The van der Waals surface area contributed by atoms with Crippen molar-refractivity contribution in [3.63, 3.8) is 0 Å². The lowest BCUT2D eigenvalue weighted by Gasteiger charge is -2.31. The fourth-order valence-electron chi connectivity index (χ4n) is 4.98. The van der Waals surface area contributed by atoms with Crippen molar-refractivity contribution in [2.45, 2.75) is 67.6 Å². The van der Waals surface area contributed by atoms with E-state index < -0.39 is 8.56 Å². The summed E-state index contributed by atoms with van der Waals surface area (Å²) in [6.45, 7) is 17.2. The van der Waals surface area contributed by atoms with Gasteiger partial charge in [-0.2, -0.15) is 0 Å². The Bertz CT molecular complexity index is 845. The number of allylic oxidation sites excluding steroid dienone is 2. The van der Waals surface area contributed by atoms with E-state index in [0.29, 0.717) is 0 Å². The van der Waals surface area contributed by atoms with Gasteiger partial charge in [0.25, 0.3) is 0 Å². The molecule has 0 bridgehead atoms. The molecule has 0 saturated carbocycles. The van der Waals surface area contributed by atoms with Crippen LogP contribution in [0.25, 0.3) is 0 Å². The SMILES string of the molecule is C/C=C\C1O[Si](c2c(C)cc(C)cc2C)(c2c(C)cc(C)cc2C)OC1/C=C/C. The van der Waals surface area contributed by atoms with Crippen LogP contribution in [-0.4, -0.2) is 20.8 Å². The van der Waals surface area contributed by atoms with Crippen LogP contribution in [0.2, 0.25) is 0 Å². The van der Waals surface area contributed by atoms with E-state index in [0.717, 1.165) is 0 Å². The Labute approximate surface area is 177 Å². The molecule has 1 aliphatic heterocycles. The number of hydrogen-bond acceptors (Lipinski definition) is 2. The third kappa shape index (κ3) is 3.92. The first-order valence-electron chi connectivity index (χ1n) is 10.5. The van der Waals surface area contributed by atoms with Crippen molar-refractivity contribution in [2.24, 2.45) is 0 Å². The molecule has 0 aliphatic carbocycles. The second kappa shape index (κ2) is 8.43. The van der Waals surface area contributed by atoms with E-state index in [1.165, 1.54) is 43.8 Å². The second-order valence-corrected chi connectivity index (χ2v) is 11.1. The third-order valence-electron chi connectivity index (χ3n) is 5.70. The fraction of sp³-hybridized carbons (Fsp3) is 0.385. The van der Waals surface area contributed by atoms with Gasteiger partial charge in [0.15, 0.2) is 0 Å². The molecule has 0 amide bonds. The lowest BCUT2D eigenvalue weighted by Crippen LogP contribution is -2.64. The molecule has 0 aromatic heterocycles. The first kappa shape index (κ1) is 21.8. The summed E-state index contributed by atoms with van der Waals surface area (Å²) in [4.78, 5) is 0. The van der Waals surface area contributed by atoms with Gasteiger partial charge in [0.1, 0.15) is 0 Å². The molecule has 1 aliphatic rings. The van der Waals surface area contributed by atoms with Crippen molar-refractivity contribution in [3.05, 3.63) is 82.0 Å². The quantitative estimate of drug-likeness (QED) is 0.524. The van der Waals surface area contributed by atoms with Crippen LogP contribution in [0.15, 0.2) is 48.6 Å². The lowest BCUT2D eigenvalue weighted by molar-refractivity contribution is 0.234. The minimum atomic E-state index is -2.91. The summed E-state index contributed by atoms with van der Waals surface area (Å²) in [6, 6.07) is 9.04. The van der Waals surface area contributed by atoms with Crippen molar-refractivity contribution >= 4 is 18.9 Å². The summed E-state index contributed by atoms with van der Waals surface area (Å²) < 4.78 is 14.0. The maximum atomic E-state index is 7.01. The Morgan fingerprint density at radius 2 is 0.931 bits per heavy atom. The van der Waals surface area contributed by atoms with Crippen LogP contribution < -0.4 is 10.4 Å². The van der Waals surface area contributed by atoms with E-state index in [-0.39, 0.29) is 12.2 Å². The first-order chi connectivity index (χ1) is 13.7. The normalized spacial score (nSPS) is 21.5. The highest BCUT2D eigenvalue weighted by atomic mass is 28.4.